The van der Waals surface area contributed by atoms with E-state index >= 15 is 0 Å². The van der Waals surface area contributed by atoms with Gasteiger partial charge in [0, 0.05) is 41.7 Å². The van der Waals surface area contributed by atoms with E-state index in [-0.39, 0.29) is 23.1 Å². The number of nitrogens with two attached hydrogens (primary N) is 1. The Hall–Kier alpha value is -3.87. The van der Waals surface area contributed by atoms with Crippen LogP contribution >= 0.6 is 0 Å². The van der Waals surface area contributed by atoms with Gasteiger partial charge in [-0.05, 0) is 42.5 Å². The number of benzene rings is 2. The molecule has 0 fully saturated rings. The number of amides is 1. The summed E-state index contributed by atoms with van der Waals surface area (Å²) < 4.78 is 5.19. The van der Waals surface area contributed by atoms with Crippen LogP contribution in [0, 0.1) is 0 Å². The van der Waals surface area contributed by atoms with E-state index in [1.165, 1.54) is 12.0 Å². The molecule has 7 nitrogen and oxygen atoms in total. The second-order valence-corrected chi connectivity index (χ2v) is 9.56. The van der Waals surface area contributed by atoms with E-state index in [9.17, 15) is 14.4 Å². The number of para-hydroxylation sites is 1. The first-order chi connectivity index (χ1) is 16.7. The predicted molar refractivity (Wildman–Crippen MR) is 134 cm³/mol. The van der Waals surface area contributed by atoms with Gasteiger partial charge in [-0.3, -0.25) is 14.5 Å². The molecular formula is C28H29N3O4. The standard InChI is InChI=1S/C28H29N3O4/c1-16(2)17-12-14-18(15-13-17)31-21-10-7-11-22(32)23(21)28(24(25(31)29)26(33)35-4)19-8-5-6-9-20(19)30(3)27(28)34/h5-6,8-9,12-16H,7,10-11,29H2,1-4H3. The Kier molecular flexibility index (Phi) is 5.31. The molecule has 2 N–H and O–H groups in total. The van der Waals surface area contributed by atoms with Crippen LogP contribution in [-0.2, 0) is 24.5 Å². The first kappa shape index (κ1) is 22.9. The van der Waals surface area contributed by atoms with Crippen LogP contribution < -0.4 is 15.5 Å². The summed E-state index contributed by atoms with van der Waals surface area (Å²) >= 11 is 0. The van der Waals surface area contributed by atoms with Gasteiger partial charge >= 0.3 is 5.97 Å². The number of allylic oxidation sites excluding steroid dienone is 1. The van der Waals surface area contributed by atoms with Crippen molar-refractivity contribution in [2.45, 2.75) is 44.4 Å². The van der Waals surface area contributed by atoms with Gasteiger partial charge in [0.15, 0.2) is 5.78 Å². The van der Waals surface area contributed by atoms with E-state index in [0.717, 1.165) is 11.3 Å². The number of methoxy groups -OCH3 is 1. The zero-order valence-corrected chi connectivity index (χ0v) is 20.4. The number of hydrogen-bond acceptors (Lipinski definition) is 6. The highest BCUT2D eigenvalue weighted by atomic mass is 16.5. The minimum atomic E-state index is -1.64. The number of ketones is 1. The van der Waals surface area contributed by atoms with Crippen LogP contribution in [0.2, 0.25) is 0 Å². The van der Waals surface area contributed by atoms with Gasteiger partial charge in [0.2, 0.25) is 5.91 Å². The molecule has 0 saturated heterocycles. The monoisotopic (exact) mass is 471 g/mol. The molecule has 2 aromatic carbocycles. The number of likely N-dealkylation sites (N-methyl/N-ethyl adjacent to an activating group) is 1. The summed E-state index contributed by atoms with van der Waals surface area (Å²) in [6, 6.07) is 15.2. The minimum Gasteiger partial charge on any atom is -0.466 e. The van der Waals surface area contributed by atoms with E-state index in [1.807, 2.05) is 42.5 Å². The van der Waals surface area contributed by atoms with Gasteiger partial charge in [0.1, 0.15) is 16.8 Å². The lowest BCUT2D eigenvalue weighted by molar-refractivity contribution is -0.138. The Balaban J connectivity index is 1.87. The number of carbonyl (C=O) groups is 3. The molecule has 2 aliphatic heterocycles. The molecule has 2 aromatic rings. The smallest absolute Gasteiger partial charge is 0.339 e. The average molecular weight is 472 g/mol. The molecule has 7 heteroatoms. The summed E-state index contributed by atoms with van der Waals surface area (Å²) in [5.41, 5.74) is 9.26. The molecule has 0 radical (unpaired) electrons. The van der Waals surface area contributed by atoms with Gasteiger partial charge in [-0.1, -0.05) is 44.2 Å². The van der Waals surface area contributed by atoms with Gasteiger partial charge in [0.25, 0.3) is 0 Å². The van der Waals surface area contributed by atoms with E-state index in [0.29, 0.717) is 47.7 Å². The number of nitrogens with zero attached hydrogens (tertiary/aromatic N) is 2. The first-order valence-corrected chi connectivity index (χ1v) is 11.9. The quantitative estimate of drug-likeness (QED) is 0.683. The maximum Gasteiger partial charge on any atom is 0.339 e. The molecule has 35 heavy (non-hydrogen) atoms. The lowest BCUT2D eigenvalue weighted by Gasteiger charge is -2.44. The van der Waals surface area contributed by atoms with E-state index < -0.39 is 11.4 Å². The number of Topliss-reactive ketones (excluding diaryl/α,β-unsaturated/α-hetero) is 1. The van der Waals surface area contributed by atoms with Crippen LogP contribution in [0.15, 0.2) is 71.2 Å². The summed E-state index contributed by atoms with van der Waals surface area (Å²) in [4.78, 5) is 44.4. The molecule has 1 spiro atoms. The van der Waals surface area contributed by atoms with Crippen LogP contribution in [0.5, 0.6) is 0 Å². The number of carbonyl (C=O) groups excluding carboxylic acids is 3. The summed E-state index contributed by atoms with van der Waals surface area (Å²) in [7, 11) is 2.92. The van der Waals surface area contributed by atoms with E-state index in [1.54, 1.807) is 18.0 Å². The summed E-state index contributed by atoms with van der Waals surface area (Å²) in [6.07, 6.45) is 1.50. The molecule has 0 aromatic heterocycles. The number of fused-ring (bicyclic) bond motifs is 3. The van der Waals surface area contributed by atoms with Crippen LogP contribution in [0.1, 0.15) is 50.2 Å². The van der Waals surface area contributed by atoms with Crippen LogP contribution in [0.25, 0.3) is 0 Å². The molecule has 180 valence electrons. The lowest BCUT2D eigenvalue weighted by Crippen LogP contribution is -2.54. The molecule has 1 atom stereocenters. The molecule has 3 aliphatic rings. The Labute approximate surface area is 204 Å². The van der Waals surface area contributed by atoms with Gasteiger partial charge in [-0.15, -0.1) is 0 Å². The third-order valence-electron chi connectivity index (χ3n) is 7.40. The maximum atomic E-state index is 14.1. The Morgan fingerprint density at radius 2 is 1.74 bits per heavy atom. The highest BCUT2D eigenvalue weighted by Gasteiger charge is 2.63. The molecule has 1 amide bonds. The summed E-state index contributed by atoms with van der Waals surface area (Å²) in [6.45, 7) is 4.23. The van der Waals surface area contributed by atoms with Crippen molar-refractivity contribution in [3.05, 3.63) is 82.3 Å². The Morgan fingerprint density at radius 1 is 1.06 bits per heavy atom. The zero-order chi connectivity index (χ0) is 25.1. The molecule has 5 rings (SSSR count). The molecule has 0 saturated carbocycles. The van der Waals surface area contributed by atoms with Gasteiger partial charge < -0.3 is 15.4 Å². The molecule has 2 heterocycles. The third kappa shape index (κ3) is 3.00. The van der Waals surface area contributed by atoms with Crippen molar-refractivity contribution < 1.29 is 19.1 Å². The number of anilines is 2. The minimum absolute atomic E-state index is 0.0104. The number of hydrogen-bond donors (Lipinski definition) is 1. The largest absolute Gasteiger partial charge is 0.466 e. The van der Waals surface area contributed by atoms with Gasteiger partial charge in [-0.25, -0.2) is 4.79 Å². The highest BCUT2D eigenvalue weighted by Crippen LogP contribution is 2.56. The van der Waals surface area contributed by atoms with Crippen molar-refractivity contribution in [1.82, 2.24) is 0 Å². The fraction of sp³-hybridized carbons (Fsp3) is 0.321. The fourth-order valence-electron chi connectivity index (χ4n) is 5.76. The summed E-state index contributed by atoms with van der Waals surface area (Å²) in [5.74, 6) is -0.792. The van der Waals surface area contributed by atoms with E-state index in [2.05, 4.69) is 13.8 Å². The number of ether oxygens (including phenoxy) is 1. The molecule has 1 unspecified atom stereocenters. The average Bonchev–Trinajstić information content (AvgIpc) is 3.07. The summed E-state index contributed by atoms with van der Waals surface area (Å²) in [5, 5.41) is 0. The van der Waals surface area contributed by atoms with Crippen molar-refractivity contribution in [3.63, 3.8) is 0 Å². The van der Waals surface area contributed by atoms with Crippen molar-refractivity contribution in [1.29, 1.82) is 0 Å². The lowest BCUT2D eigenvalue weighted by atomic mass is 9.63. The Morgan fingerprint density at radius 3 is 2.40 bits per heavy atom. The first-order valence-electron chi connectivity index (χ1n) is 11.9. The maximum absolute atomic E-state index is 14.1. The zero-order valence-electron chi connectivity index (χ0n) is 20.4. The predicted octanol–water partition coefficient (Wildman–Crippen LogP) is 3.89. The van der Waals surface area contributed by atoms with E-state index in [4.69, 9.17) is 10.5 Å². The van der Waals surface area contributed by atoms with Crippen LogP contribution in [-0.4, -0.2) is 31.8 Å². The normalized spacial score (nSPS) is 21.7. The second kappa shape index (κ2) is 8.12. The highest BCUT2D eigenvalue weighted by molar-refractivity contribution is 6.24. The topological polar surface area (TPSA) is 92.9 Å². The van der Waals surface area contributed by atoms with Crippen LogP contribution in [0.3, 0.4) is 0 Å². The van der Waals surface area contributed by atoms with Crippen molar-refractivity contribution in [2.75, 3.05) is 24.0 Å². The van der Waals surface area contributed by atoms with Crippen LogP contribution in [0.4, 0.5) is 11.4 Å². The molecule has 1 aliphatic carbocycles. The van der Waals surface area contributed by atoms with Crippen molar-refractivity contribution in [3.8, 4) is 0 Å². The van der Waals surface area contributed by atoms with Gasteiger partial charge in [-0.2, -0.15) is 0 Å². The van der Waals surface area contributed by atoms with Gasteiger partial charge in [0.05, 0.1) is 7.11 Å². The number of rotatable bonds is 3. The molecule has 0 bridgehead atoms. The number of esters is 1. The van der Waals surface area contributed by atoms with Crippen molar-refractivity contribution >= 4 is 29.0 Å². The SMILES string of the molecule is COC(=O)C1=C(N)N(c2ccc(C(C)C)cc2)C2=C(C(=O)CCC2)C12C(=O)N(C)c1ccccc12. The Bertz CT molecular complexity index is 1320. The fourth-order valence-corrected chi connectivity index (χ4v) is 5.76. The molecular weight excluding hydrogens is 442 g/mol. The second-order valence-electron chi connectivity index (χ2n) is 9.56. The van der Waals surface area contributed by atoms with Crippen molar-refractivity contribution in [2.24, 2.45) is 5.73 Å². The third-order valence-corrected chi connectivity index (χ3v) is 7.40.